The first kappa shape index (κ1) is 8.05. The largest absolute Gasteiger partial charge is 0.469 e. The van der Waals surface area contributed by atoms with Crippen LogP contribution >= 0.6 is 0 Å². The molecule has 1 nitrogen and oxygen atoms in total. The van der Waals surface area contributed by atoms with Crippen molar-refractivity contribution in [2.45, 2.75) is 0 Å². The molecule has 0 N–H and O–H groups in total. The average Bonchev–Trinajstić information content (AvgIpc) is 2.52. The molecule has 0 saturated heterocycles. The van der Waals surface area contributed by atoms with Crippen molar-refractivity contribution in [1.82, 2.24) is 0 Å². The molecular formula is C11H8FO. The van der Waals surface area contributed by atoms with Gasteiger partial charge in [0.25, 0.3) is 0 Å². The second-order valence-electron chi connectivity index (χ2n) is 2.81. The molecule has 1 heterocycles. The Morgan fingerprint density at radius 2 is 2.00 bits per heavy atom. The van der Waals surface area contributed by atoms with Gasteiger partial charge in [-0.2, -0.15) is 0 Å². The Kier molecular flexibility index (Phi) is 1.89. The Labute approximate surface area is 75.8 Å². The van der Waals surface area contributed by atoms with Crippen LogP contribution in [0.25, 0.3) is 11.1 Å². The molecule has 0 fully saturated rings. The number of rotatable bonds is 1. The van der Waals surface area contributed by atoms with Gasteiger partial charge in [0.1, 0.15) is 11.6 Å². The lowest BCUT2D eigenvalue weighted by molar-refractivity contribution is 0.549. The van der Waals surface area contributed by atoms with Crippen LogP contribution in [0.3, 0.4) is 0 Å². The van der Waals surface area contributed by atoms with Crippen molar-refractivity contribution in [3.63, 3.8) is 0 Å². The van der Waals surface area contributed by atoms with E-state index in [0.29, 0.717) is 5.76 Å². The number of furan rings is 1. The normalized spacial score (nSPS) is 10.3. The van der Waals surface area contributed by atoms with Crippen molar-refractivity contribution < 1.29 is 8.81 Å². The van der Waals surface area contributed by atoms with Crippen molar-refractivity contribution in [3.8, 4) is 11.1 Å². The van der Waals surface area contributed by atoms with Crippen LogP contribution < -0.4 is 0 Å². The van der Waals surface area contributed by atoms with Crippen LogP contribution in [0.2, 0.25) is 0 Å². The van der Waals surface area contributed by atoms with Gasteiger partial charge in [0.2, 0.25) is 0 Å². The quantitative estimate of drug-likeness (QED) is 0.648. The van der Waals surface area contributed by atoms with Gasteiger partial charge in [-0.1, -0.05) is 12.1 Å². The monoisotopic (exact) mass is 175 g/mol. The second-order valence-corrected chi connectivity index (χ2v) is 2.81. The van der Waals surface area contributed by atoms with Gasteiger partial charge in [-0.05, 0) is 23.8 Å². The summed E-state index contributed by atoms with van der Waals surface area (Å²) < 4.78 is 17.8. The van der Waals surface area contributed by atoms with E-state index in [1.807, 2.05) is 6.07 Å². The van der Waals surface area contributed by atoms with Crippen LogP contribution in [0.1, 0.15) is 5.76 Å². The molecule has 0 aliphatic rings. The summed E-state index contributed by atoms with van der Waals surface area (Å²) in [5.41, 5.74) is 1.66. The van der Waals surface area contributed by atoms with Crippen LogP contribution in [0.15, 0.2) is 41.0 Å². The topological polar surface area (TPSA) is 13.1 Å². The highest BCUT2D eigenvalue weighted by Crippen LogP contribution is 2.21. The van der Waals surface area contributed by atoms with Gasteiger partial charge >= 0.3 is 0 Å². The highest BCUT2D eigenvalue weighted by molar-refractivity contribution is 5.62. The SMILES string of the molecule is [CH2]c1cc(-c2cccc(F)c2)co1. The molecule has 0 bridgehead atoms. The third kappa shape index (κ3) is 1.61. The molecule has 0 amide bonds. The minimum atomic E-state index is -0.246. The standard InChI is InChI=1S/C11H8FO/c1-8-5-10(7-13-8)9-3-2-4-11(12)6-9/h2-7H,1H2. The molecule has 2 aromatic rings. The molecule has 2 heteroatoms. The average molecular weight is 175 g/mol. The summed E-state index contributed by atoms with van der Waals surface area (Å²) in [6.45, 7) is 3.63. The summed E-state index contributed by atoms with van der Waals surface area (Å²) in [6.07, 6.45) is 1.57. The van der Waals surface area contributed by atoms with Gasteiger partial charge in [-0.3, -0.25) is 0 Å². The number of halogens is 1. The Morgan fingerprint density at radius 1 is 1.15 bits per heavy atom. The maximum absolute atomic E-state index is 12.8. The first-order chi connectivity index (χ1) is 6.25. The van der Waals surface area contributed by atoms with Crippen molar-refractivity contribution in [3.05, 3.63) is 55.1 Å². The molecule has 2 rings (SSSR count). The second kappa shape index (κ2) is 3.05. The summed E-state index contributed by atoms with van der Waals surface area (Å²) in [6, 6.07) is 8.14. The molecular weight excluding hydrogens is 167 g/mol. The van der Waals surface area contributed by atoms with E-state index in [1.165, 1.54) is 12.1 Å². The van der Waals surface area contributed by atoms with E-state index >= 15 is 0 Å². The molecule has 0 unspecified atom stereocenters. The van der Waals surface area contributed by atoms with E-state index in [0.717, 1.165) is 11.1 Å². The van der Waals surface area contributed by atoms with Crippen LogP contribution in [-0.2, 0) is 0 Å². The fourth-order valence-corrected chi connectivity index (χ4v) is 1.20. The van der Waals surface area contributed by atoms with Crippen molar-refractivity contribution in [2.75, 3.05) is 0 Å². The van der Waals surface area contributed by atoms with Crippen LogP contribution in [-0.4, -0.2) is 0 Å². The maximum atomic E-state index is 12.8. The lowest BCUT2D eigenvalue weighted by Crippen LogP contribution is -1.75. The Hall–Kier alpha value is -1.57. The third-order valence-electron chi connectivity index (χ3n) is 1.81. The van der Waals surface area contributed by atoms with E-state index in [4.69, 9.17) is 4.42 Å². The highest BCUT2D eigenvalue weighted by Gasteiger charge is 2.01. The Morgan fingerprint density at radius 3 is 2.62 bits per heavy atom. The molecule has 13 heavy (non-hydrogen) atoms. The zero-order valence-corrected chi connectivity index (χ0v) is 6.96. The predicted molar refractivity (Wildman–Crippen MR) is 48.6 cm³/mol. The van der Waals surface area contributed by atoms with Gasteiger partial charge in [-0.15, -0.1) is 0 Å². The van der Waals surface area contributed by atoms with Gasteiger partial charge in [0, 0.05) is 12.5 Å². The van der Waals surface area contributed by atoms with E-state index in [-0.39, 0.29) is 5.82 Å². The van der Waals surface area contributed by atoms with E-state index < -0.39 is 0 Å². The van der Waals surface area contributed by atoms with Gasteiger partial charge < -0.3 is 4.42 Å². The fraction of sp³-hybridized carbons (Fsp3) is 0. The predicted octanol–water partition coefficient (Wildman–Crippen LogP) is 3.27. The summed E-state index contributed by atoms with van der Waals surface area (Å²) in [5.74, 6) is 0.337. The molecule has 0 aliphatic carbocycles. The first-order valence-electron chi connectivity index (χ1n) is 3.92. The smallest absolute Gasteiger partial charge is 0.123 e. The highest BCUT2D eigenvalue weighted by atomic mass is 19.1. The third-order valence-corrected chi connectivity index (χ3v) is 1.81. The van der Waals surface area contributed by atoms with Gasteiger partial charge in [-0.25, -0.2) is 4.39 Å². The number of hydrogen-bond acceptors (Lipinski definition) is 1. The van der Waals surface area contributed by atoms with Crippen molar-refractivity contribution in [2.24, 2.45) is 0 Å². The van der Waals surface area contributed by atoms with Crippen LogP contribution in [0, 0.1) is 12.7 Å². The molecule has 0 spiro atoms. The van der Waals surface area contributed by atoms with Crippen LogP contribution in [0.4, 0.5) is 4.39 Å². The van der Waals surface area contributed by atoms with E-state index in [1.54, 1.807) is 18.4 Å². The van der Waals surface area contributed by atoms with E-state index in [9.17, 15) is 4.39 Å². The van der Waals surface area contributed by atoms with Crippen molar-refractivity contribution in [1.29, 1.82) is 0 Å². The van der Waals surface area contributed by atoms with Gasteiger partial charge in [0.05, 0.1) is 6.26 Å². The first-order valence-corrected chi connectivity index (χ1v) is 3.92. The summed E-state index contributed by atoms with van der Waals surface area (Å²) in [4.78, 5) is 0. The number of hydrogen-bond donors (Lipinski definition) is 0. The molecule has 0 atom stereocenters. The summed E-state index contributed by atoms with van der Waals surface area (Å²) in [7, 11) is 0. The van der Waals surface area contributed by atoms with Gasteiger partial charge in [0.15, 0.2) is 0 Å². The summed E-state index contributed by atoms with van der Waals surface area (Å²) in [5, 5.41) is 0. The fourth-order valence-electron chi connectivity index (χ4n) is 1.20. The molecule has 1 aromatic carbocycles. The zero-order valence-electron chi connectivity index (χ0n) is 6.96. The van der Waals surface area contributed by atoms with E-state index in [2.05, 4.69) is 6.92 Å². The maximum Gasteiger partial charge on any atom is 0.123 e. The summed E-state index contributed by atoms with van der Waals surface area (Å²) >= 11 is 0. The lowest BCUT2D eigenvalue weighted by Gasteiger charge is -1.95. The van der Waals surface area contributed by atoms with Crippen molar-refractivity contribution >= 4 is 0 Å². The Balaban J connectivity index is 2.46. The number of benzene rings is 1. The minimum Gasteiger partial charge on any atom is -0.469 e. The Bertz CT molecular complexity index is 418. The van der Waals surface area contributed by atoms with Crippen LogP contribution in [0.5, 0.6) is 0 Å². The molecule has 1 aromatic heterocycles. The minimum absolute atomic E-state index is 0.246. The molecule has 0 saturated carbocycles. The molecule has 1 radical (unpaired) electrons. The zero-order chi connectivity index (χ0) is 9.26. The lowest BCUT2D eigenvalue weighted by atomic mass is 10.1. The molecule has 65 valence electrons. The molecule has 0 aliphatic heterocycles.